The van der Waals surface area contributed by atoms with Crippen LogP contribution in [0.5, 0.6) is 0 Å². The summed E-state index contributed by atoms with van der Waals surface area (Å²) in [6.45, 7) is 0. The van der Waals surface area contributed by atoms with Crippen molar-refractivity contribution in [3.63, 3.8) is 0 Å². The standard InChI is InChI=1S/C7F7.Li/c8-2-1-3(9)6(11)4(5(2)10)7(12,13)14;/q-1;+1. The molecule has 0 aromatic heterocycles. The Morgan fingerprint density at radius 3 is 1.40 bits per heavy atom. The molecule has 1 rings (SSSR count). The van der Waals surface area contributed by atoms with Gasteiger partial charge in [-0.25, -0.2) is 8.78 Å². The summed E-state index contributed by atoms with van der Waals surface area (Å²) in [5.41, 5.74) is -2.59. The summed E-state index contributed by atoms with van der Waals surface area (Å²) in [6, 6.07) is 0.836. The van der Waals surface area contributed by atoms with Gasteiger partial charge in [0.05, 0.1) is 11.6 Å². The third-order valence-corrected chi connectivity index (χ3v) is 1.33. The van der Waals surface area contributed by atoms with Gasteiger partial charge in [-0.3, -0.25) is 8.78 Å². The Morgan fingerprint density at radius 2 is 1.13 bits per heavy atom. The van der Waals surface area contributed by atoms with E-state index in [0.717, 1.165) is 6.07 Å². The van der Waals surface area contributed by atoms with E-state index >= 15 is 0 Å². The molecule has 0 nitrogen and oxygen atoms in total. The minimum atomic E-state index is -5.50. The summed E-state index contributed by atoms with van der Waals surface area (Å²) < 4.78 is 84.8. The zero-order valence-electron chi connectivity index (χ0n) is 7.15. The molecule has 0 saturated carbocycles. The zero-order chi connectivity index (χ0) is 11.1. The van der Waals surface area contributed by atoms with Gasteiger partial charge in [-0.1, -0.05) is 0 Å². The van der Waals surface area contributed by atoms with Gasteiger partial charge in [-0.2, -0.15) is 13.2 Å². The normalized spacial score (nSPS) is 11.1. The SMILES string of the molecule is Fc1[c-]c(F)c(F)c(C(F)(F)F)c1F.[Li+]. The minimum Gasteiger partial charge on any atom is -0.281 e. The smallest absolute Gasteiger partial charge is 0.281 e. The molecule has 0 fully saturated rings. The maximum Gasteiger partial charge on any atom is 1.00 e. The Hall–Kier alpha value is -0.673. The van der Waals surface area contributed by atoms with Gasteiger partial charge in [-0.05, 0) is 0 Å². The Balaban J connectivity index is 0.00000196. The van der Waals surface area contributed by atoms with E-state index < -0.39 is 35.0 Å². The van der Waals surface area contributed by atoms with Gasteiger partial charge in [0.15, 0.2) is 0 Å². The molecule has 8 heteroatoms. The quantitative estimate of drug-likeness (QED) is 0.253. The molecule has 1 aromatic carbocycles. The first kappa shape index (κ1) is 14.3. The van der Waals surface area contributed by atoms with E-state index in [9.17, 15) is 30.7 Å². The topological polar surface area (TPSA) is 0 Å². The van der Waals surface area contributed by atoms with Gasteiger partial charge < -0.3 is 0 Å². The van der Waals surface area contributed by atoms with E-state index in [1.54, 1.807) is 0 Å². The van der Waals surface area contributed by atoms with Crippen molar-refractivity contribution in [2.45, 2.75) is 6.18 Å². The number of alkyl halides is 3. The predicted octanol–water partition coefficient (Wildman–Crippen LogP) is 0.0660. The van der Waals surface area contributed by atoms with Crippen molar-refractivity contribution in [1.29, 1.82) is 0 Å². The average molecular weight is 224 g/mol. The molecule has 0 aliphatic heterocycles. The van der Waals surface area contributed by atoms with Crippen molar-refractivity contribution in [2.75, 3.05) is 0 Å². The fraction of sp³-hybridized carbons (Fsp3) is 0.143. The summed E-state index contributed by atoms with van der Waals surface area (Å²) in [7, 11) is 0. The first-order valence-electron chi connectivity index (χ1n) is 3.07. The molecule has 0 radical (unpaired) electrons. The van der Waals surface area contributed by atoms with Crippen LogP contribution in [0.15, 0.2) is 0 Å². The molecule has 15 heavy (non-hydrogen) atoms. The van der Waals surface area contributed by atoms with E-state index in [2.05, 4.69) is 0 Å². The summed E-state index contributed by atoms with van der Waals surface area (Å²) in [5.74, 6) is -9.43. The van der Waals surface area contributed by atoms with Gasteiger partial charge in [0.2, 0.25) is 0 Å². The van der Waals surface area contributed by atoms with Crippen molar-refractivity contribution in [3.8, 4) is 0 Å². The second-order valence-corrected chi connectivity index (χ2v) is 2.25. The molecule has 0 aliphatic carbocycles. The van der Waals surface area contributed by atoms with E-state index in [1.807, 2.05) is 0 Å². The Labute approximate surface area is 91.3 Å². The van der Waals surface area contributed by atoms with Crippen LogP contribution in [0.2, 0.25) is 0 Å². The number of halogens is 7. The molecule has 78 valence electrons. The molecule has 0 saturated heterocycles. The maximum atomic E-state index is 12.4. The molecule has 0 spiro atoms. The average Bonchev–Trinajstić information content (AvgIpc) is 1.98. The fourth-order valence-corrected chi connectivity index (χ4v) is 0.771. The van der Waals surface area contributed by atoms with Crippen LogP contribution in [0.4, 0.5) is 30.7 Å². The minimum absolute atomic E-state index is 0. The second kappa shape index (κ2) is 4.45. The van der Waals surface area contributed by atoms with Gasteiger partial charge in [0, 0.05) is 17.2 Å². The first-order chi connectivity index (χ1) is 6.25. The summed E-state index contributed by atoms with van der Waals surface area (Å²) >= 11 is 0. The maximum absolute atomic E-state index is 12.4. The largest absolute Gasteiger partial charge is 1.00 e. The molecule has 0 N–H and O–H groups in total. The molecule has 1 aromatic rings. The van der Waals surface area contributed by atoms with Crippen LogP contribution in [0, 0.1) is 29.3 Å². The van der Waals surface area contributed by atoms with Gasteiger partial charge in [0.1, 0.15) is 0 Å². The Morgan fingerprint density at radius 1 is 0.800 bits per heavy atom. The van der Waals surface area contributed by atoms with Crippen molar-refractivity contribution >= 4 is 0 Å². The van der Waals surface area contributed by atoms with Crippen LogP contribution >= 0.6 is 0 Å². The van der Waals surface area contributed by atoms with Crippen LogP contribution in [0.25, 0.3) is 0 Å². The van der Waals surface area contributed by atoms with Crippen LogP contribution in [0.3, 0.4) is 0 Å². The van der Waals surface area contributed by atoms with Crippen LogP contribution in [-0.4, -0.2) is 0 Å². The van der Waals surface area contributed by atoms with Crippen LogP contribution < -0.4 is 18.9 Å². The van der Waals surface area contributed by atoms with Gasteiger partial charge >= 0.3 is 25.0 Å². The molecule has 0 aliphatic rings. The van der Waals surface area contributed by atoms with Crippen molar-refractivity contribution < 1.29 is 49.6 Å². The number of hydrogen-bond donors (Lipinski definition) is 0. The second-order valence-electron chi connectivity index (χ2n) is 2.25. The summed E-state index contributed by atoms with van der Waals surface area (Å²) in [6.07, 6.45) is -5.50. The van der Waals surface area contributed by atoms with Crippen LogP contribution in [0.1, 0.15) is 5.56 Å². The number of hydrogen-bond acceptors (Lipinski definition) is 0. The Bertz CT molecular complexity index is 344. The fourth-order valence-electron chi connectivity index (χ4n) is 0.771. The monoisotopic (exact) mass is 224 g/mol. The summed E-state index contributed by atoms with van der Waals surface area (Å²) in [4.78, 5) is 0. The molecule has 0 amide bonds. The van der Waals surface area contributed by atoms with E-state index in [1.165, 1.54) is 0 Å². The molecule has 0 unspecified atom stereocenters. The zero-order valence-corrected chi connectivity index (χ0v) is 7.15. The summed E-state index contributed by atoms with van der Waals surface area (Å²) in [5, 5.41) is 0. The number of benzene rings is 1. The first-order valence-corrected chi connectivity index (χ1v) is 3.07. The molecule has 0 heterocycles. The van der Waals surface area contributed by atoms with Gasteiger partial charge in [-0.15, -0.1) is 6.07 Å². The Kier molecular flexibility index (Phi) is 4.25. The molecule has 0 bridgehead atoms. The molecular formula is C7F7Li. The van der Waals surface area contributed by atoms with Gasteiger partial charge in [0.25, 0.3) is 0 Å². The molecule has 0 atom stereocenters. The third-order valence-electron chi connectivity index (χ3n) is 1.33. The molecular weight excluding hydrogens is 224 g/mol. The van der Waals surface area contributed by atoms with E-state index in [0.29, 0.717) is 0 Å². The van der Waals surface area contributed by atoms with E-state index in [-0.39, 0.29) is 18.9 Å². The van der Waals surface area contributed by atoms with Crippen molar-refractivity contribution in [3.05, 3.63) is 34.9 Å². The third kappa shape index (κ3) is 2.67. The van der Waals surface area contributed by atoms with Crippen molar-refractivity contribution in [2.24, 2.45) is 0 Å². The predicted molar refractivity (Wildman–Crippen MR) is 30.1 cm³/mol. The van der Waals surface area contributed by atoms with E-state index in [4.69, 9.17) is 0 Å². The number of rotatable bonds is 0. The van der Waals surface area contributed by atoms with Crippen molar-refractivity contribution in [1.82, 2.24) is 0 Å². The van der Waals surface area contributed by atoms with Crippen LogP contribution in [-0.2, 0) is 6.18 Å².